The van der Waals surface area contributed by atoms with Gasteiger partial charge in [-0.15, -0.1) is 0 Å². The molecule has 1 aliphatic rings. The van der Waals surface area contributed by atoms with Crippen LogP contribution in [-0.2, 0) is 4.79 Å². The number of halogens is 1. The molecule has 1 aliphatic carbocycles. The molecule has 3 atom stereocenters. The molecule has 0 bridgehead atoms. The lowest BCUT2D eigenvalue weighted by Crippen LogP contribution is -2.29. The number of carbonyl (C=O) groups is 1. The van der Waals surface area contributed by atoms with Crippen LogP contribution in [0.2, 0.25) is 0 Å². The lowest BCUT2D eigenvalue weighted by molar-refractivity contribution is -0.122. The van der Waals surface area contributed by atoms with Crippen LogP contribution in [0.15, 0.2) is 54.6 Å². The van der Waals surface area contributed by atoms with Gasteiger partial charge >= 0.3 is 0 Å². The Bertz CT molecular complexity index is 638. The Morgan fingerprint density at radius 3 is 2.55 bits per heavy atom. The molecule has 3 unspecified atom stereocenters. The lowest BCUT2D eigenvalue weighted by atomic mass is 10.0. The Balaban J connectivity index is 1.50. The quantitative estimate of drug-likeness (QED) is 0.892. The molecule has 0 aliphatic heterocycles. The molecule has 22 heavy (non-hydrogen) atoms. The summed E-state index contributed by atoms with van der Waals surface area (Å²) in [5, 5.41) is 3.02. The average Bonchev–Trinajstić information content (AvgIpc) is 3.34. The van der Waals surface area contributed by atoms with Gasteiger partial charge in [-0.25, -0.2) is 4.39 Å². The Hall–Kier alpha value is -2.16. The minimum Gasteiger partial charge on any atom is -0.355 e. The normalized spacial score (nSPS) is 21.2. The second-order valence-corrected chi connectivity index (χ2v) is 6.06. The molecule has 0 spiro atoms. The van der Waals surface area contributed by atoms with E-state index in [1.807, 2.05) is 25.1 Å². The van der Waals surface area contributed by atoms with Crippen LogP contribution >= 0.6 is 0 Å². The van der Waals surface area contributed by atoms with Gasteiger partial charge in [0.25, 0.3) is 0 Å². The van der Waals surface area contributed by atoms with Gasteiger partial charge in [0.2, 0.25) is 5.91 Å². The number of hydrogen-bond donors (Lipinski definition) is 1. The molecule has 3 heteroatoms. The van der Waals surface area contributed by atoms with Crippen molar-refractivity contribution in [3.63, 3.8) is 0 Å². The van der Waals surface area contributed by atoms with Gasteiger partial charge < -0.3 is 5.32 Å². The van der Waals surface area contributed by atoms with Crippen LogP contribution in [0.3, 0.4) is 0 Å². The molecule has 0 radical (unpaired) electrons. The van der Waals surface area contributed by atoms with Crippen molar-refractivity contribution in [2.24, 2.45) is 5.92 Å². The number of nitrogens with one attached hydrogen (secondary N) is 1. The first-order valence-electron chi connectivity index (χ1n) is 7.73. The first-order valence-corrected chi connectivity index (χ1v) is 7.73. The molecular formula is C19H20FNO. The molecule has 114 valence electrons. The summed E-state index contributed by atoms with van der Waals surface area (Å²) >= 11 is 0. The van der Waals surface area contributed by atoms with Crippen molar-refractivity contribution >= 4 is 5.91 Å². The van der Waals surface area contributed by atoms with E-state index < -0.39 is 0 Å². The average molecular weight is 297 g/mol. The van der Waals surface area contributed by atoms with Crippen molar-refractivity contribution in [1.29, 1.82) is 0 Å². The molecule has 0 saturated heterocycles. The molecule has 1 N–H and O–H groups in total. The SMILES string of the molecule is CC(CNC(=O)C1CC1c1ccccc1)c1ccc(F)cc1. The van der Waals surface area contributed by atoms with Gasteiger partial charge in [0.1, 0.15) is 5.82 Å². The van der Waals surface area contributed by atoms with Crippen molar-refractivity contribution in [3.8, 4) is 0 Å². The Morgan fingerprint density at radius 2 is 1.86 bits per heavy atom. The molecule has 1 amide bonds. The highest BCUT2D eigenvalue weighted by atomic mass is 19.1. The van der Waals surface area contributed by atoms with Gasteiger partial charge in [-0.05, 0) is 41.5 Å². The molecule has 0 aromatic heterocycles. The maximum atomic E-state index is 12.9. The summed E-state index contributed by atoms with van der Waals surface area (Å²) in [6.45, 7) is 2.62. The standard InChI is InChI=1S/C19H20FNO/c1-13(14-7-9-16(20)10-8-14)12-21-19(22)18-11-17(18)15-5-3-2-4-6-15/h2-10,13,17-18H,11-12H2,1H3,(H,21,22). The van der Waals surface area contributed by atoms with Gasteiger partial charge in [0, 0.05) is 12.5 Å². The zero-order valence-electron chi connectivity index (χ0n) is 12.6. The molecular weight excluding hydrogens is 277 g/mol. The molecule has 2 aromatic rings. The summed E-state index contributed by atoms with van der Waals surface area (Å²) in [6, 6.07) is 16.6. The topological polar surface area (TPSA) is 29.1 Å². The number of carbonyl (C=O) groups excluding carboxylic acids is 1. The zero-order chi connectivity index (χ0) is 15.5. The maximum absolute atomic E-state index is 12.9. The fraction of sp³-hybridized carbons (Fsp3) is 0.316. The third-order valence-corrected chi connectivity index (χ3v) is 4.38. The fourth-order valence-electron chi connectivity index (χ4n) is 2.85. The van der Waals surface area contributed by atoms with Gasteiger partial charge in [0.15, 0.2) is 0 Å². The predicted octanol–water partition coefficient (Wildman–Crippen LogP) is 3.85. The summed E-state index contributed by atoms with van der Waals surface area (Å²) in [4.78, 5) is 12.2. The van der Waals surface area contributed by atoms with E-state index in [9.17, 15) is 9.18 Å². The highest BCUT2D eigenvalue weighted by Gasteiger charge is 2.43. The Morgan fingerprint density at radius 1 is 1.18 bits per heavy atom. The number of hydrogen-bond acceptors (Lipinski definition) is 1. The van der Waals surface area contributed by atoms with E-state index >= 15 is 0 Å². The van der Waals surface area contributed by atoms with E-state index in [0.29, 0.717) is 12.5 Å². The van der Waals surface area contributed by atoms with Crippen LogP contribution < -0.4 is 5.32 Å². The third-order valence-electron chi connectivity index (χ3n) is 4.38. The first-order chi connectivity index (χ1) is 10.6. The minimum absolute atomic E-state index is 0.0998. The van der Waals surface area contributed by atoms with E-state index in [4.69, 9.17) is 0 Å². The molecule has 1 fully saturated rings. The first kappa shape index (κ1) is 14.8. The molecule has 0 heterocycles. The smallest absolute Gasteiger partial charge is 0.223 e. The number of benzene rings is 2. The van der Waals surface area contributed by atoms with Crippen molar-refractivity contribution in [1.82, 2.24) is 5.32 Å². The van der Waals surface area contributed by atoms with E-state index in [1.54, 1.807) is 12.1 Å². The summed E-state index contributed by atoms with van der Waals surface area (Å²) in [6.07, 6.45) is 0.931. The van der Waals surface area contributed by atoms with E-state index in [2.05, 4.69) is 17.4 Å². The lowest BCUT2D eigenvalue weighted by Gasteiger charge is -2.13. The summed E-state index contributed by atoms with van der Waals surface area (Å²) in [5.74, 6) is 0.537. The summed E-state index contributed by atoms with van der Waals surface area (Å²) < 4.78 is 12.9. The van der Waals surface area contributed by atoms with E-state index in [1.165, 1.54) is 17.7 Å². The van der Waals surface area contributed by atoms with Crippen molar-refractivity contribution in [2.75, 3.05) is 6.54 Å². The van der Waals surface area contributed by atoms with Crippen LogP contribution in [0.1, 0.15) is 36.3 Å². The van der Waals surface area contributed by atoms with Crippen LogP contribution in [0.4, 0.5) is 4.39 Å². The van der Waals surface area contributed by atoms with Crippen LogP contribution in [0.5, 0.6) is 0 Å². The monoisotopic (exact) mass is 297 g/mol. The highest BCUT2D eigenvalue weighted by Crippen LogP contribution is 2.47. The van der Waals surface area contributed by atoms with Crippen molar-refractivity contribution in [2.45, 2.75) is 25.2 Å². The number of amides is 1. The third kappa shape index (κ3) is 3.35. The number of rotatable bonds is 5. The molecule has 2 nitrogen and oxygen atoms in total. The Labute approximate surface area is 130 Å². The van der Waals surface area contributed by atoms with Crippen LogP contribution in [0.25, 0.3) is 0 Å². The van der Waals surface area contributed by atoms with Gasteiger partial charge in [-0.2, -0.15) is 0 Å². The van der Waals surface area contributed by atoms with Gasteiger partial charge in [-0.1, -0.05) is 49.4 Å². The predicted molar refractivity (Wildman–Crippen MR) is 85.1 cm³/mol. The largest absolute Gasteiger partial charge is 0.355 e. The van der Waals surface area contributed by atoms with Gasteiger partial charge in [0.05, 0.1) is 0 Å². The van der Waals surface area contributed by atoms with Crippen molar-refractivity contribution in [3.05, 3.63) is 71.5 Å². The molecule has 3 rings (SSSR count). The Kier molecular flexibility index (Phi) is 4.23. The second-order valence-electron chi connectivity index (χ2n) is 6.06. The summed E-state index contributed by atoms with van der Waals surface area (Å²) in [7, 11) is 0. The van der Waals surface area contributed by atoms with Crippen LogP contribution in [-0.4, -0.2) is 12.5 Å². The molecule has 1 saturated carbocycles. The van der Waals surface area contributed by atoms with Crippen molar-refractivity contribution < 1.29 is 9.18 Å². The van der Waals surface area contributed by atoms with Gasteiger partial charge in [-0.3, -0.25) is 4.79 Å². The maximum Gasteiger partial charge on any atom is 0.223 e. The fourth-order valence-corrected chi connectivity index (χ4v) is 2.85. The zero-order valence-corrected chi connectivity index (χ0v) is 12.6. The van der Waals surface area contributed by atoms with E-state index in [0.717, 1.165) is 12.0 Å². The second kappa shape index (κ2) is 6.30. The highest BCUT2D eigenvalue weighted by molar-refractivity contribution is 5.82. The minimum atomic E-state index is -0.233. The molecule has 2 aromatic carbocycles. The van der Waals surface area contributed by atoms with Crippen LogP contribution in [0, 0.1) is 11.7 Å². The summed E-state index contributed by atoms with van der Waals surface area (Å²) in [5.41, 5.74) is 2.28. The van der Waals surface area contributed by atoms with E-state index in [-0.39, 0.29) is 23.6 Å².